The lowest BCUT2D eigenvalue weighted by atomic mass is 9.88. The van der Waals surface area contributed by atoms with Crippen molar-refractivity contribution in [1.29, 1.82) is 0 Å². The Bertz CT molecular complexity index is 1350. The lowest BCUT2D eigenvalue weighted by molar-refractivity contribution is 0.100. The number of piperidine rings is 1. The molecule has 0 spiro atoms. The largest absolute Gasteiger partial charge is 0.366 e. The van der Waals surface area contributed by atoms with Crippen LogP contribution >= 0.6 is 0 Å². The number of hydrogen-bond acceptors (Lipinski definition) is 4. The summed E-state index contributed by atoms with van der Waals surface area (Å²) < 4.78 is 26.2. The van der Waals surface area contributed by atoms with Crippen molar-refractivity contribution in [2.24, 2.45) is 5.73 Å². The van der Waals surface area contributed by atoms with Gasteiger partial charge in [-0.3, -0.25) is 4.79 Å². The second-order valence-electron chi connectivity index (χ2n) is 10.4. The van der Waals surface area contributed by atoms with Gasteiger partial charge < -0.3 is 15.6 Å². The summed E-state index contributed by atoms with van der Waals surface area (Å²) in [6, 6.07) is 12.6. The van der Waals surface area contributed by atoms with Gasteiger partial charge in [0.25, 0.3) is 5.91 Å². The second-order valence-corrected chi connectivity index (χ2v) is 12.7. The summed E-state index contributed by atoms with van der Waals surface area (Å²) in [7, 11) is -3.18. The van der Waals surface area contributed by atoms with Crippen LogP contribution in [0.3, 0.4) is 0 Å². The van der Waals surface area contributed by atoms with E-state index in [1.165, 1.54) is 5.56 Å². The molecule has 206 valence electrons. The molecule has 7 nitrogen and oxygen atoms in total. The molecule has 0 atom stereocenters. The third kappa shape index (κ3) is 6.30. The van der Waals surface area contributed by atoms with Crippen LogP contribution in [0.25, 0.3) is 22.0 Å². The maximum absolute atomic E-state index is 12.5. The topological polar surface area (TPSA) is 99.5 Å². The third-order valence-corrected chi connectivity index (χ3v) is 9.68. The fourth-order valence-corrected chi connectivity index (χ4v) is 6.87. The number of amides is 1. The van der Waals surface area contributed by atoms with Crippen molar-refractivity contribution in [3.05, 3.63) is 59.3 Å². The number of nitrogens with one attached hydrogen (secondary N) is 1. The number of carbonyl (C=O) groups excluding carboxylic acids is 1. The van der Waals surface area contributed by atoms with Gasteiger partial charge in [-0.15, -0.1) is 0 Å². The van der Waals surface area contributed by atoms with Crippen molar-refractivity contribution in [2.75, 3.05) is 38.5 Å². The number of sulfonamides is 1. The predicted molar refractivity (Wildman–Crippen MR) is 156 cm³/mol. The lowest BCUT2D eigenvalue weighted by Crippen LogP contribution is -2.38. The molecular weight excluding hydrogens is 496 g/mol. The molecule has 1 fully saturated rings. The second kappa shape index (κ2) is 12.5. The van der Waals surface area contributed by atoms with Crippen molar-refractivity contribution in [3.63, 3.8) is 0 Å². The van der Waals surface area contributed by atoms with Crippen LogP contribution in [-0.2, 0) is 16.4 Å². The number of aromatic amines is 1. The standard InChI is InChI=1S/C30H42N4O3S/c1-4-13-33(14-5-2)15-10-22-8-7-9-24(18-22)25-19-26-28(21-32-29(26)27(20-25)30(31)35)23-11-16-34(17-12-23)38(36,37)6-3/h7-9,18-21,23,32H,4-6,10-17H2,1-3H3,(H2,31,35). The number of aromatic nitrogens is 1. The molecule has 1 aliphatic heterocycles. The number of rotatable bonds is 12. The fraction of sp³-hybridized carbons (Fsp3) is 0.500. The Morgan fingerprint density at radius 3 is 2.37 bits per heavy atom. The van der Waals surface area contributed by atoms with Crippen LogP contribution in [0.4, 0.5) is 0 Å². The molecule has 2 heterocycles. The van der Waals surface area contributed by atoms with Crippen LogP contribution < -0.4 is 5.73 Å². The molecule has 0 saturated carbocycles. The molecule has 38 heavy (non-hydrogen) atoms. The number of fused-ring (bicyclic) bond motifs is 1. The number of H-pyrrole nitrogens is 1. The van der Waals surface area contributed by atoms with Gasteiger partial charge in [0.1, 0.15) is 0 Å². The minimum atomic E-state index is -3.18. The number of benzene rings is 2. The highest BCUT2D eigenvalue weighted by Crippen LogP contribution is 2.37. The van der Waals surface area contributed by atoms with Crippen LogP contribution in [0.1, 0.15) is 73.9 Å². The summed E-state index contributed by atoms with van der Waals surface area (Å²) in [5.74, 6) is -0.109. The van der Waals surface area contributed by atoms with E-state index in [4.69, 9.17) is 5.73 Å². The van der Waals surface area contributed by atoms with E-state index in [2.05, 4.69) is 54.1 Å². The van der Waals surface area contributed by atoms with E-state index in [-0.39, 0.29) is 11.7 Å². The highest BCUT2D eigenvalue weighted by atomic mass is 32.2. The van der Waals surface area contributed by atoms with E-state index >= 15 is 0 Å². The molecule has 4 rings (SSSR count). The quantitative estimate of drug-likeness (QED) is 0.334. The monoisotopic (exact) mass is 538 g/mol. The van der Waals surface area contributed by atoms with Gasteiger partial charge in [-0.1, -0.05) is 38.1 Å². The zero-order chi connectivity index (χ0) is 27.3. The van der Waals surface area contributed by atoms with E-state index in [1.54, 1.807) is 11.2 Å². The normalized spacial score (nSPS) is 15.5. The van der Waals surface area contributed by atoms with Crippen LogP contribution in [0.2, 0.25) is 0 Å². The van der Waals surface area contributed by atoms with Gasteiger partial charge >= 0.3 is 0 Å². The van der Waals surface area contributed by atoms with E-state index in [9.17, 15) is 13.2 Å². The van der Waals surface area contributed by atoms with Gasteiger partial charge in [-0.05, 0) is 92.4 Å². The zero-order valence-electron chi connectivity index (χ0n) is 23.0. The summed E-state index contributed by atoms with van der Waals surface area (Å²) in [4.78, 5) is 18.3. The molecule has 3 aromatic rings. The number of carbonyl (C=O) groups is 1. The van der Waals surface area contributed by atoms with Gasteiger partial charge in [-0.2, -0.15) is 0 Å². The van der Waals surface area contributed by atoms with E-state index in [0.717, 1.165) is 79.3 Å². The highest BCUT2D eigenvalue weighted by molar-refractivity contribution is 7.89. The minimum Gasteiger partial charge on any atom is -0.366 e. The average molecular weight is 539 g/mol. The summed E-state index contributed by atoms with van der Waals surface area (Å²) in [5, 5.41) is 0.996. The molecule has 1 aromatic heterocycles. The van der Waals surface area contributed by atoms with Crippen molar-refractivity contribution in [1.82, 2.24) is 14.2 Å². The highest BCUT2D eigenvalue weighted by Gasteiger charge is 2.29. The molecular formula is C30H42N4O3S. The van der Waals surface area contributed by atoms with Crippen LogP contribution in [0.15, 0.2) is 42.6 Å². The first-order valence-electron chi connectivity index (χ1n) is 14.0. The van der Waals surface area contributed by atoms with E-state index in [1.807, 2.05) is 12.3 Å². The number of hydrogen-bond donors (Lipinski definition) is 2. The van der Waals surface area contributed by atoms with Crippen LogP contribution in [-0.4, -0.2) is 67.0 Å². The van der Waals surface area contributed by atoms with Gasteiger partial charge in [-0.25, -0.2) is 12.7 Å². The van der Waals surface area contributed by atoms with Crippen LogP contribution in [0.5, 0.6) is 0 Å². The Morgan fingerprint density at radius 2 is 1.74 bits per heavy atom. The molecule has 3 N–H and O–H groups in total. The summed E-state index contributed by atoms with van der Waals surface area (Å²) in [6.07, 6.45) is 6.77. The van der Waals surface area contributed by atoms with Crippen molar-refractivity contribution >= 4 is 26.8 Å². The molecule has 1 aliphatic rings. The smallest absolute Gasteiger partial charge is 0.250 e. The molecule has 0 aliphatic carbocycles. The van der Waals surface area contributed by atoms with Gasteiger partial charge in [0, 0.05) is 31.2 Å². The number of nitrogens with two attached hydrogens (primary N) is 1. The first kappa shape index (κ1) is 28.3. The molecule has 8 heteroatoms. The Balaban J connectivity index is 1.63. The molecule has 0 radical (unpaired) electrons. The van der Waals surface area contributed by atoms with Crippen molar-refractivity contribution in [3.8, 4) is 11.1 Å². The third-order valence-electron chi connectivity index (χ3n) is 7.80. The Labute approximate surface area is 227 Å². The molecule has 1 saturated heterocycles. The summed E-state index contributed by atoms with van der Waals surface area (Å²) >= 11 is 0. The zero-order valence-corrected chi connectivity index (χ0v) is 23.8. The first-order chi connectivity index (χ1) is 18.3. The maximum Gasteiger partial charge on any atom is 0.250 e. The van der Waals surface area contributed by atoms with Crippen molar-refractivity contribution in [2.45, 2.75) is 58.8 Å². The van der Waals surface area contributed by atoms with Gasteiger partial charge in [0.05, 0.1) is 16.8 Å². The maximum atomic E-state index is 12.5. The summed E-state index contributed by atoms with van der Waals surface area (Å²) in [5.41, 5.74) is 11.5. The average Bonchev–Trinajstić information content (AvgIpc) is 3.35. The van der Waals surface area contributed by atoms with Gasteiger partial charge in [0.15, 0.2) is 0 Å². The fourth-order valence-electron chi connectivity index (χ4n) is 5.74. The molecule has 1 amide bonds. The van der Waals surface area contributed by atoms with E-state index in [0.29, 0.717) is 18.7 Å². The van der Waals surface area contributed by atoms with E-state index < -0.39 is 15.9 Å². The molecule has 0 unspecified atom stereocenters. The number of primary amides is 1. The lowest BCUT2D eigenvalue weighted by Gasteiger charge is -2.31. The van der Waals surface area contributed by atoms with Crippen molar-refractivity contribution < 1.29 is 13.2 Å². The Hall–Kier alpha value is -2.68. The number of nitrogens with zero attached hydrogens (tertiary/aromatic N) is 2. The summed E-state index contributed by atoms with van der Waals surface area (Å²) in [6.45, 7) is 10.4. The van der Waals surface area contributed by atoms with Gasteiger partial charge in [0.2, 0.25) is 10.0 Å². The predicted octanol–water partition coefficient (Wildman–Crippen LogP) is 5.13. The molecule has 2 aromatic carbocycles. The first-order valence-corrected chi connectivity index (χ1v) is 15.6. The SMILES string of the molecule is CCCN(CCC)CCc1cccc(-c2cc(C(N)=O)c3[nH]cc(C4CCN(S(=O)(=O)CC)CC4)c3c2)c1. The Morgan fingerprint density at radius 1 is 1.03 bits per heavy atom. The molecule has 0 bridgehead atoms. The minimum absolute atomic E-state index is 0.129. The Kier molecular flexibility index (Phi) is 9.28. The van der Waals surface area contributed by atoms with Crippen LogP contribution in [0, 0.1) is 0 Å².